The second-order valence-corrected chi connectivity index (χ2v) is 10.7. The van der Waals surface area contributed by atoms with Crippen molar-refractivity contribution in [3.8, 4) is 5.75 Å². The molecule has 2 aromatic rings. The summed E-state index contributed by atoms with van der Waals surface area (Å²) < 4.78 is 137. The summed E-state index contributed by atoms with van der Waals surface area (Å²) in [7, 11) is -3.76. The molecule has 0 radical (unpaired) electrons. The average Bonchev–Trinajstić information content (AvgIpc) is 2.95. The molecule has 0 aliphatic heterocycles. The summed E-state index contributed by atoms with van der Waals surface area (Å²) in [5.41, 5.74) is -3.31. The largest absolute Gasteiger partial charge is 0.497 e. The number of sulfonamides is 1. The third-order valence-electron chi connectivity index (χ3n) is 4.45. The van der Waals surface area contributed by atoms with E-state index in [9.17, 15) is 21.1 Å². The topological polar surface area (TPSA) is 107 Å². The van der Waals surface area contributed by atoms with Crippen LogP contribution in [0.3, 0.4) is 0 Å². The number of methoxy groups -OCH3 is 1. The van der Waals surface area contributed by atoms with Crippen LogP contribution in [0.5, 0.6) is 5.75 Å². The van der Waals surface area contributed by atoms with E-state index in [0.717, 1.165) is 32.9 Å². The van der Waals surface area contributed by atoms with Crippen molar-refractivity contribution in [2.24, 2.45) is 5.92 Å². The van der Waals surface area contributed by atoms with Crippen molar-refractivity contribution >= 4 is 16.1 Å². The summed E-state index contributed by atoms with van der Waals surface area (Å²) in [4.78, 5) is 12.3. The molecule has 2 atom stereocenters. The molecular weight excluding hydrogens is 468 g/mol. The van der Waals surface area contributed by atoms with Gasteiger partial charge in [-0.15, -0.1) is 0 Å². The lowest BCUT2D eigenvalue weighted by atomic mass is 9.94. The first-order chi connectivity index (χ1) is 21.1. The molecule has 35 heavy (non-hydrogen) atoms. The van der Waals surface area contributed by atoms with E-state index in [1.54, 1.807) is 0 Å². The zero-order valence-corrected chi connectivity index (χ0v) is 21.2. The average molecular weight is 519 g/mol. The minimum absolute atomic E-state index is 0.0536. The third-order valence-corrected chi connectivity index (χ3v) is 6.14. The van der Waals surface area contributed by atoms with E-state index in [1.165, 1.54) is 33.1 Å². The number of carboxylic acid groups (broad SMARTS) is 1. The van der Waals surface area contributed by atoms with Gasteiger partial charge in [0, 0.05) is 24.1 Å². The van der Waals surface area contributed by atoms with Crippen LogP contribution in [0.15, 0.2) is 59.4 Å². The van der Waals surface area contributed by atoms with E-state index in [1.807, 2.05) is 0 Å². The summed E-state index contributed by atoms with van der Waals surface area (Å²) in [5, 5.41) is 14.9. The van der Waals surface area contributed by atoms with Crippen molar-refractivity contribution in [3.63, 3.8) is 0 Å². The Bertz CT molecular complexity index is 1580. The number of benzene rings is 2. The third kappa shape index (κ3) is 7.68. The van der Waals surface area contributed by atoms with Crippen molar-refractivity contribution in [2.75, 3.05) is 20.2 Å². The predicted molar refractivity (Wildman–Crippen MR) is 136 cm³/mol. The van der Waals surface area contributed by atoms with Crippen molar-refractivity contribution in [3.05, 3.63) is 60.0 Å². The van der Waals surface area contributed by atoms with Crippen LogP contribution in [0.25, 0.3) is 0 Å². The molecule has 0 heterocycles. The molecule has 0 bridgehead atoms. The van der Waals surface area contributed by atoms with E-state index >= 15 is 0 Å². The highest BCUT2D eigenvalue weighted by Crippen LogP contribution is 2.26. The van der Waals surface area contributed by atoms with Crippen LogP contribution in [0.1, 0.15) is 55.3 Å². The predicted octanol–water partition coefficient (Wildman–Crippen LogP) is 4.09. The Hall–Kier alpha value is -2.62. The lowest BCUT2D eigenvalue weighted by molar-refractivity contribution is 0.000540. The van der Waals surface area contributed by atoms with Crippen molar-refractivity contribution < 1.29 is 43.2 Å². The van der Waals surface area contributed by atoms with Crippen molar-refractivity contribution in [1.29, 1.82) is 1.43 Å². The molecule has 2 N–H and O–H groups in total. The SMILES string of the molecule is [2H]O[C@]([2H])(C([2H])([2H])N(CC(C)C)S(=O)(=O)c1ccc(OC)cc1)[C@@]([2H])(N(C(=O)O)C(C)(C)C)C([2H])([2H])c1c([2H])c([2H])c([2H])c([2H])c1[2H]. The van der Waals surface area contributed by atoms with Gasteiger partial charge in [-0.3, -0.25) is 4.90 Å². The molecular formula is C26H38N2O6S. The van der Waals surface area contributed by atoms with Gasteiger partial charge in [-0.2, -0.15) is 4.31 Å². The molecule has 194 valence electrons. The molecule has 9 heteroatoms. The minimum Gasteiger partial charge on any atom is -0.497 e. The standard InChI is InChI=1S/C26H38N2O6S/c1-19(2)17-27(35(32,33)22-14-12-21(34-6)13-15-22)18-24(29)23(16-20-10-8-7-9-11-20)28(25(30)31)26(3,4)5/h7-15,19,23-24,29H,16-18H2,1-6H3,(H,30,31)/t23-,24+/m0/s1/i7D,8D,9D,10D,11D,16D2,18D2,23D,24D,29D. The van der Waals surface area contributed by atoms with Gasteiger partial charge in [0.15, 0.2) is 0 Å². The Morgan fingerprint density at radius 3 is 2.26 bits per heavy atom. The van der Waals surface area contributed by atoms with E-state index in [2.05, 4.69) is 5.11 Å². The van der Waals surface area contributed by atoms with E-state index in [4.69, 9.17) is 18.5 Å². The van der Waals surface area contributed by atoms with Crippen molar-refractivity contribution in [1.82, 2.24) is 9.21 Å². The second-order valence-electron chi connectivity index (χ2n) is 8.81. The molecule has 0 saturated carbocycles. The summed E-state index contributed by atoms with van der Waals surface area (Å²) in [6, 6.07) is -5.26. The normalized spacial score (nSPS) is 21.6. The van der Waals surface area contributed by atoms with Gasteiger partial charge in [0.2, 0.25) is 11.5 Å². The number of ether oxygens (including phenoxy) is 1. The molecule has 0 aliphatic carbocycles. The van der Waals surface area contributed by atoms with Crippen LogP contribution in [0, 0.1) is 5.92 Å². The molecule has 2 aromatic carbocycles. The maximum atomic E-state index is 14.1. The fourth-order valence-corrected chi connectivity index (χ4v) is 4.37. The number of hydrogen-bond donors (Lipinski definition) is 2. The van der Waals surface area contributed by atoms with Crippen LogP contribution in [0.2, 0.25) is 0 Å². The van der Waals surface area contributed by atoms with E-state index < -0.39 is 99.8 Å². The zero-order chi connectivity index (χ0) is 36.9. The Morgan fingerprint density at radius 2 is 1.80 bits per heavy atom. The smallest absolute Gasteiger partial charge is 0.408 e. The number of rotatable bonds is 12. The molecule has 0 saturated heterocycles. The summed E-state index contributed by atoms with van der Waals surface area (Å²) in [5.74, 6) is -0.491. The molecule has 0 aliphatic rings. The van der Waals surface area contributed by atoms with Gasteiger partial charge >= 0.3 is 6.09 Å². The first-order valence-corrected chi connectivity index (χ1v) is 12.0. The molecule has 8 nitrogen and oxygen atoms in total. The van der Waals surface area contributed by atoms with E-state index in [-0.39, 0.29) is 15.0 Å². The van der Waals surface area contributed by atoms with Crippen LogP contribution in [-0.4, -0.2) is 73.2 Å². The maximum Gasteiger partial charge on any atom is 0.408 e. The highest BCUT2D eigenvalue weighted by molar-refractivity contribution is 7.89. The molecule has 1 amide bonds. The fraction of sp³-hybridized carbons (Fsp3) is 0.500. The van der Waals surface area contributed by atoms with Gasteiger partial charge in [0.1, 0.15) is 5.75 Å². The number of nitrogens with zero attached hydrogens (tertiary/aromatic N) is 2. The molecule has 0 unspecified atom stereocenters. The van der Waals surface area contributed by atoms with Crippen LogP contribution >= 0.6 is 0 Å². The number of aliphatic hydroxyl groups is 1. The molecule has 2 rings (SSSR count). The van der Waals surface area contributed by atoms with Gasteiger partial charge in [-0.25, -0.2) is 13.2 Å². The first-order valence-electron chi connectivity index (χ1n) is 16.5. The second kappa shape index (κ2) is 11.9. The Balaban J connectivity index is 3.23. The Labute approximate surface area is 226 Å². The van der Waals surface area contributed by atoms with Gasteiger partial charge in [0.25, 0.3) is 0 Å². The maximum absolute atomic E-state index is 14.1. The van der Waals surface area contributed by atoms with Gasteiger partial charge in [-0.05, 0) is 62.9 Å². The Morgan fingerprint density at radius 1 is 1.20 bits per heavy atom. The van der Waals surface area contributed by atoms with Crippen LogP contribution in [-0.2, 0) is 16.4 Å². The van der Waals surface area contributed by atoms with Gasteiger partial charge in [0.05, 0.1) is 33.7 Å². The van der Waals surface area contributed by atoms with E-state index in [0.29, 0.717) is 0 Å². The van der Waals surface area contributed by atoms with Crippen LogP contribution in [0.4, 0.5) is 4.79 Å². The minimum atomic E-state index is -5.07. The summed E-state index contributed by atoms with van der Waals surface area (Å²) >= 11 is 0. The number of hydrogen-bond acceptors (Lipinski definition) is 5. The summed E-state index contributed by atoms with van der Waals surface area (Å²) in [6.45, 7) is 1.56. The summed E-state index contributed by atoms with van der Waals surface area (Å²) in [6.07, 6.45) is -10.4. The number of carbonyl (C=O) groups is 1. The quantitative estimate of drug-likeness (QED) is 0.438. The molecule has 0 aromatic heterocycles. The van der Waals surface area contributed by atoms with Gasteiger partial charge in [-0.1, -0.05) is 44.1 Å². The molecule has 0 spiro atoms. The van der Waals surface area contributed by atoms with Gasteiger partial charge < -0.3 is 15.0 Å². The lowest BCUT2D eigenvalue weighted by Crippen LogP contribution is -2.58. The number of amides is 1. The zero-order valence-electron chi connectivity index (χ0n) is 32.4. The Kier molecular flexibility index (Phi) is 5.25. The highest BCUT2D eigenvalue weighted by atomic mass is 32.2. The lowest BCUT2D eigenvalue weighted by Gasteiger charge is -2.42. The fourth-order valence-electron chi connectivity index (χ4n) is 2.94. The first kappa shape index (κ1) is 15.5. The molecule has 0 fully saturated rings. The van der Waals surface area contributed by atoms with Crippen molar-refractivity contribution in [2.45, 2.75) is 63.5 Å². The highest BCUT2D eigenvalue weighted by Gasteiger charge is 2.39. The monoisotopic (exact) mass is 518 g/mol. The van der Waals surface area contributed by atoms with Crippen LogP contribution < -0.4 is 4.74 Å².